The SMILES string of the molecule is C=CCCCn1nc(C)cc1C(=O)Nc1nc2cc(C#N)cc3c2n1[C@@H](CCCNC(=O)OCc1ccccc1)CO3. The molecule has 2 N–H and O–H groups in total. The monoisotopic (exact) mass is 567 g/mol. The molecular formula is C31H33N7O4. The van der Waals surface area contributed by atoms with Gasteiger partial charge in [-0.1, -0.05) is 36.4 Å². The third kappa shape index (κ3) is 6.44. The van der Waals surface area contributed by atoms with Gasteiger partial charge in [-0.15, -0.1) is 6.58 Å². The van der Waals surface area contributed by atoms with Gasteiger partial charge < -0.3 is 19.4 Å². The molecule has 0 unspecified atom stereocenters. The lowest BCUT2D eigenvalue weighted by Crippen LogP contribution is -2.28. The van der Waals surface area contributed by atoms with Crippen LogP contribution in [0.4, 0.5) is 10.7 Å². The van der Waals surface area contributed by atoms with Crippen LogP contribution in [0, 0.1) is 18.3 Å². The predicted octanol–water partition coefficient (Wildman–Crippen LogP) is 5.27. The van der Waals surface area contributed by atoms with E-state index in [1.165, 1.54) is 0 Å². The number of unbranched alkanes of at least 4 members (excludes halogenated alkanes) is 1. The number of nitriles is 1. The van der Waals surface area contributed by atoms with Gasteiger partial charge in [-0.2, -0.15) is 10.4 Å². The van der Waals surface area contributed by atoms with Crippen LogP contribution in [0.15, 0.2) is 61.2 Å². The molecule has 1 aliphatic rings. The molecule has 0 aliphatic carbocycles. The molecule has 11 nitrogen and oxygen atoms in total. The summed E-state index contributed by atoms with van der Waals surface area (Å²) in [7, 11) is 0. The Morgan fingerprint density at radius 1 is 1.24 bits per heavy atom. The molecule has 216 valence electrons. The zero-order valence-corrected chi connectivity index (χ0v) is 23.5. The van der Waals surface area contributed by atoms with Gasteiger partial charge in [0.25, 0.3) is 5.91 Å². The summed E-state index contributed by atoms with van der Waals surface area (Å²) in [6.07, 6.45) is 4.28. The molecule has 1 aliphatic heterocycles. The molecular weight excluding hydrogens is 534 g/mol. The number of benzene rings is 2. The Bertz CT molecular complexity index is 1630. The van der Waals surface area contributed by atoms with Crippen LogP contribution in [-0.4, -0.2) is 44.5 Å². The maximum atomic E-state index is 13.5. The van der Waals surface area contributed by atoms with E-state index < -0.39 is 6.09 Å². The lowest BCUT2D eigenvalue weighted by Gasteiger charge is -2.27. The first-order chi connectivity index (χ1) is 20.5. The van der Waals surface area contributed by atoms with Crippen molar-refractivity contribution in [2.45, 2.75) is 51.8 Å². The van der Waals surface area contributed by atoms with E-state index in [-0.39, 0.29) is 18.6 Å². The van der Waals surface area contributed by atoms with Gasteiger partial charge in [0.2, 0.25) is 5.95 Å². The number of alkyl carbamates (subject to hydrolysis) is 1. The number of anilines is 1. The molecule has 0 bridgehead atoms. The molecule has 2 aromatic carbocycles. The van der Waals surface area contributed by atoms with E-state index >= 15 is 0 Å². The number of carbonyl (C=O) groups is 2. The minimum atomic E-state index is -0.480. The number of rotatable bonds is 12. The van der Waals surface area contributed by atoms with Gasteiger partial charge in [0.15, 0.2) is 0 Å². The summed E-state index contributed by atoms with van der Waals surface area (Å²) < 4.78 is 15.0. The van der Waals surface area contributed by atoms with E-state index in [0.29, 0.717) is 66.5 Å². The van der Waals surface area contributed by atoms with Gasteiger partial charge in [-0.3, -0.25) is 14.8 Å². The number of carbonyl (C=O) groups excluding carboxylic acids is 2. The Hall–Kier alpha value is -5.11. The van der Waals surface area contributed by atoms with Crippen molar-refractivity contribution in [1.29, 1.82) is 5.26 Å². The molecule has 2 aromatic heterocycles. The molecule has 3 heterocycles. The molecule has 0 saturated carbocycles. The van der Waals surface area contributed by atoms with E-state index in [1.807, 2.05) is 47.9 Å². The highest BCUT2D eigenvalue weighted by atomic mass is 16.5. The number of aromatic nitrogens is 4. The van der Waals surface area contributed by atoms with Crippen molar-refractivity contribution in [2.24, 2.45) is 0 Å². The van der Waals surface area contributed by atoms with Crippen molar-refractivity contribution in [1.82, 2.24) is 24.6 Å². The normalized spacial score (nSPS) is 13.7. The highest BCUT2D eigenvalue weighted by Crippen LogP contribution is 2.38. The lowest BCUT2D eigenvalue weighted by atomic mass is 10.1. The average Bonchev–Trinajstić information content (AvgIpc) is 3.56. The van der Waals surface area contributed by atoms with Gasteiger partial charge >= 0.3 is 6.09 Å². The fourth-order valence-corrected chi connectivity index (χ4v) is 5.04. The number of imidazole rings is 1. The van der Waals surface area contributed by atoms with E-state index in [1.54, 1.807) is 22.9 Å². The summed E-state index contributed by atoms with van der Waals surface area (Å²) in [5.41, 5.74) is 3.80. The zero-order valence-electron chi connectivity index (χ0n) is 23.5. The first-order valence-electron chi connectivity index (χ1n) is 14.0. The number of hydrogen-bond donors (Lipinski definition) is 2. The van der Waals surface area contributed by atoms with Crippen LogP contribution in [0.5, 0.6) is 5.75 Å². The quantitative estimate of drug-likeness (QED) is 0.176. The lowest BCUT2D eigenvalue weighted by molar-refractivity contribution is 0.101. The van der Waals surface area contributed by atoms with Crippen molar-refractivity contribution in [2.75, 3.05) is 18.5 Å². The van der Waals surface area contributed by atoms with E-state index in [2.05, 4.69) is 28.4 Å². The second-order valence-corrected chi connectivity index (χ2v) is 10.1. The van der Waals surface area contributed by atoms with Crippen LogP contribution in [0.2, 0.25) is 0 Å². The summed E-state index contributed by atoms with van der Waals surface area (Å²) in [5.74, 6) is 0.587. The van der Waals surface area contributed by atoms with Crippen LogP contribution < -0.4 is 15.4 Å². The second-order valence-electron chi connectivity index (χ2n) is 10.1. The first-order valence-corrected chi connectivity index (χ1v) is 14.0. The van der Waals surface area contributed by atoms with Gasteiger partial charge in [0.05, 0.1) is 28.9 Å². The maximum Gasteiger partial charge on any atom is 0.407 e. The first kappa shape index (κ1) is 28.4. The van der Waals surface area contributed by atoms with Crippen LogP contribution in [0.3, 0.4) is 0 Å². The van der Waals surface area contributed by atoms with Gasteiger partial charge in [-0.05, 0) is 50.3 Å². The molecule has 5 rings (SSSR count). The number of amides is 2. The van der Waals surface area contributed by atoms with Crippen molar-refractivity contribution >= 4 is 29.0 Å². The van der Waals surface area contributed by atoms with E-state index in [4.69, 9.17) is 14.5 Å². The topological polar surface area (TPSA) is 136 Å². The molecule has 1 atom stereocenters. The van der Waals surface area contributed by atoms with Crippen LogP contribution >= 0.6 is 0 Å². The number of allylic oxidation sites excluding steroid dienone is 1. The van der Waals surface area contributed by atoms with Crippen LogP contribution in [-0.2, 0) is 17.9 Å². The van der Waals surface area contributed by atoms with E-state index in [9.17, 15) is 14.9 Å². The smallest absolute Gasteiger partial charge is 0.407 e. The Morgan fingerprint density at radius 3 is 2.86 bits per heavy atom. The molecule has 42 heavy (non-hydrogen) atoms. The third-order valence-corrected chi connectivity index (χ3v) is 7.01. The molecule has 0 fully saturated rings. The number of nitrogens with one attached hydrogen (secondary N) is 2. The standard InChI is InChI=1S/C31H33N7O4/c1-3-4-8-14-37-26(15-21(2)36-37)29(39)35-30-34-25-16-23(18-32)17-27-28(25)38(30)24(20-41-27)12-9-13-33-31(40)42-19-22-10-6-5-7-11-22/h3,5-7,10-11,15-17,24H,1,4,8-9,12-14,19-20H2,2H3,(H,33,40)(H,34,35,39)/t24-/m0/s1. The van der Waals surface area contributed by atoms with Crippen LogP contribution in [0.25, 0.3) is 11.0 Å². The Kier molecular flexibility index (Phi) is 8.82. The summed E-state index contributed by atoms with van der Waals surface area (Å²) in [6.45, 7) is 7.14. The van der Waals surface area contributed by atoms with Gasteiger partial charge in [0.1, 0.15) is 30.2 Å². The minimum Gasteiger partial charge on any atom is -0.489 e. The number of aryl methyl sites for hydroxylation is 2. The predicted molar refractivity (Wildman–Crippen MR) is 157 cm³/mol. The van der Waals surface area contributed by atoms with Gasteiger partial charge in [0, 0.05) is 19.2 Å². The van der Waals surface area contributed by atoms with Crippen LogP contribution in [0.1, 0.15) is 59.0 Å². The summed E-state index contributed by atoms with van der Waals surface area (Å²) in [5, 5.41) is 19.8. The van der Waals surface area contributed by atoms with Crippen molar-refractivity contribution in [3.05, 3.63) is 83.7 Å². The maximum absolute atomic E-state index is 13.5. The Balaban J connectivity index is 1.30. The highest BCUT2D eigenvalue weighted by molar-refractivity contribution is 6.03. The zero-order chi connectivity index (χ0) is 29.5. The van der Waals surface area contributed by atoms with Crippen molar-refractivity contribution in [3.8, 4) is 11.8 Å². The Labute approximate surface area is 243 Å². The molecule has 11 heteroatoms. The average molecular weight is 568 g/mol. The van der Waals surface area contributed by atoms with Crippen molar-refractivity contribution < 1.29 is 19.1 Å². The fraction of sp³-hybridized carbons (Fsp3) is 0.323. The summed E-state index contributed by atoms with van der Waals surface area (Å²) in [6, 6.07) is 16.6. The molecule has 0 saturated heterocycles. The van der Waals surface area contributed by atoms with Gasteiger partial charge in [-0.25, -0.2) is 9.78 Å². The largest absolute Gasteiger partial charge is 0.489 e. The minimum absolute atomic E-state index is 0.160. The fourth-order valence-electron chi connectivity index (χ4n) is 5.04. The van der Waals surface area contributed by atoms with Crippen molar-refractivity contribution in [3.63, 3.8) is 0 Å². The molecule has 0 spiro atoms. The highest BCUT2D eigenvalue weighted by Gasteiger charge is 2.29. The molecule has 0 radical (unpaired) electrons. The Morgan fingerprint density at radius 2 is 2.07 bits per heavy atom. The van der Waals surface area contributed by atoms with E-state index in [0.717, 1.165) is 24.1 Å². The second kappa shape index (κ2) is 13.0. The molecule has 2 amide bonds. The summed E-state index contributed by atoms with van der Waals surface area (Å²) >= 11 is 0. The summed E-state index contributed by atoms with van der Waals surface area (Å²) in [4.78, 5) is 30.3. The molecule has 4 aromatic rings. The number of hydrogen-bond acceptors (Lipinski definition) is 7. The third-order valence-electron chi connectivity index (χ3n) is 7.01. The number of ether oxygens (including phenoxy) is 2. The number of nitrogens with zero attached hydrogens (tertiary/aromatic N) is 5.